The van der Waals surface area contributed by atoms with Crippen molar-refractivity contribution in [1.82, 2.24) is 5.32 Å². The molecule has 21 heavy (non-hydrogen) atoms. The molecule has 114 valence electrons. The maximum Gasteiger partial charge on any atom is 0.329 e. The summed E-state index contributed by atoms with van der Waals surface area (Å²) in [4.78, 5) is 24.9. The molecule has 0 bridgehead atoms. The van der Waals surface area contributed by atoms with Crippen LogP contribution in [0.3, 0.4) is 0 Å². The van der Waals surface area contributed by atoms with Crippen LogP contribution in [0.2, 0.25) is 0 Å². The van der Waals surface area contributed by atoms with Crippen LogP contribution in [-0.2, 0) is 4.79 Å². The van der Waals surface area contributed by atoms with Gasteiger partial charge < -0.3 is 25.7 Å². The molecule has 0 radical (unpaired) electrons. The molecule has 1 fully saturated rings. The number of nitrogens with zero attached hydrogens (tertiary/aromatic N) is 1. The van der Waals surface area contributed by atoms with Gasteiger partial charge in [0, 0.05) is 0 Å². The van der Waals surface area contributed by atoms with Gasteiger partial charge in [0.1, 0.15) is 24.4 Å². The van der Waals surface area contributed by atoms with E-state index in [9.17, 15) is 24.9 Å². The Morgan fingerprint density at radius 1 is 1.14 bits per heavy atom. The quantitative estimate of drug-likeness (QED) is 0.407. The zero-order valence-electron chi connectivity index (χ0n) is 11.0. The van der Waals surface area contributed by atoms with Crippen molar-refractivity contribution < 1.29 is 30.0 Å². The van der Waals surface area contributed by atoms with Gasteiger partial charge in [-0.15, -0.1) is 0 Å². The maximum atomic E-state index is 12.2. The van der Waals surface area contributed by atoms with E-state index >= 15 is 0 Å². The van der Waals surface area contributed by atoms with Crippen molar-refractivity contribution >= 4 is 17.6 Å². The molecule has 5 N–H and O–H groups in total. The van der Waals surface area contributed by atoms with E-state index in [4.69, 9.17) is 5.11 Å². The molecule has 0 aromatic heterocycles. The van der Waals surface area contributed by atoms with Gasteiger partial charge in [-0.25, -0.2) is 9.69 Å². The van der Waals surface area contributed by atoms with Crippen LogP contribution in [0.5, 0.6) is 0 Å². The highest BCUT2D eigenvalue weighted by atomic mass is 16.4. The molecule has 1 aliphatic heterocycles. The summed E-state index contributed by atoms with van der Waals surface area (Å²) in [6, 6.07) is 5.97. The van der Waals surface area contributed by atoms with E-state index < -0.39 is 42.9 Å². The van der Waals surface area contributed by atoms with Crippen LogP contribution in [0, 0.1) is 0 Å². The molecule has 0 aliphatic carbocycles. The largest absolute Gasteiger partial charge is 0.394 e. The smallest absolute Gasteiger partial charge is 0.329 e. The fourth-order valence-electron chi connectivity index (χ4n) is 2.08. The van der Waals surface area contributed by atoms with Gasteiger partial charge in [-0.05, 0) is 12.1 Å². The number of aliphatic hydroxyl groups excluding tert-OH is 4. The van der Waals surface area contributed by atoms with Gasteiger partial charge in [0.05, 0.1) is 12.3 Å². The van der Waals surface area contributed by atoms with Gasteiger partial charge in [-0.3, -0.25) is 4.79 Å². The molecule has 1 aromatic carbocycles. The highest BCUT2D eigenvalue weighted by Crippen LogP contribution is 2.21. The SMILES string of the molecule is O=C1N[C@H]([C@@H](O)[C@H](O)[C@H](O)CO)C(=O)N1c1ccccc1. The molecule has 1 aromatic rings. The second kappa shape index (κ2) is 6.19. The number of urea groups is 1. The number of aliphatic hydroxyl groups is 4. The number of hydrogen-bond acceptors (Lipinski definition) is 6. The van der Waals surface area contributed by atoms with E-state index in [1.165, 1.54) is 0 Å². The van der Waals surface area contributed by atoms with Crippen molar-refractivity contribution in [3.05, 3.63) is 30.3 Å². The molecule has 0 spiro atoms. The van der Waals surface area contributed by atoms with E-state index in [2.05, 4.69) is 5.32 Å². The molecule has 0 unspecified atom stereocenters. The van der Waals surface area contributed by atoms with Crippen molar-refractivity contribution in [1.29, 1.82) is 0 Å². The Hall–Kier alpha value is -2.00. The van der Waals surface area contributed by atoms with Gasteiger partial charge in [-0.1, -0.05) is 18.2 Å². The fraction of sp³-hybridized carbons (Fsp3) is 0.385. The summed E-state index contributed by atoms with van der Waals surface area (Å²) in [6.07, 6.45) is -5.12. The van der Waals surface area contributed by atoms with E-state index in [1.807, 2.05) is 0 Å². The topological polar surface area (TPSA) is 130 Å². The first kappa shape index (κ1) is 15.4. The van der Waals surface area contributed by atoms with Crippen molar-refractivity contribution in [2.75, 3.05) is 11.5 Å². The number of nitrogens with one attached hydrogen (secondary N) is 1. The monoisotopic (exact) mass is 296 g/mol. The number of hydrogen-bond donors (Lipinski definition) is 5. The van der Waals surface area contributed by atoms with Crippen LogP contribution >= 0.6 is 0 Å². The average Bonchev–Trinajstić information content (AvgIpc) is 2.80. The first-order valence-electron chi connectivity index (χ1n) is 6.32. The van der Waals surface area contributed by atoms with Crippen molar-refractivity contribution in [3.8, 4) is 0 Å². The minimum absolute atomic E-state index is 0.326. The number of amides is 3. The Bertz CT molecular complexity index is 523. The lowest BCUT2D eigenvalue weighted by atomic mass is 10.0. The second-order valence-electron chi connectivity index (χ2n) is 4.67. The molecule has 1 saturated heterocycles. The van der Waals surface area contributed by atoms with Crippen LogP contribution in [0.25, 0.3) is 0 Å². The molecule has 4 atom stereocenters. The van der Waals surface area contributed by atoms with E-state index in [-0.39, 0.29) is 0 Å². The minimum Gasteiger partial charge on any atom is -0.394 e. The van der Waals surface area contributed by atoms with E-state index in [1.54, 1.807) is 30.3 Å². The normalized spacial score (nSPS) is 22.9. The first-order chi connectivity index (χ1) is 9.97. The molecule has 1 heterocycles. The highest BCUT2D eigenvalue weighted by molar-refractivity contribution is 6.21. The second-order valence-corrected chi connectivity index (χ2v) is 4.67. The first-order valence-corrected chi connectivity index (χ1v) is 6.32. The zero-order chi connectivity index (χ0) is 15.6. The molecular formula is C13H16N2O6. The Morgan fingerprint density at radius 3 is 2.33 bits per heavy atom. The van der Waals surface area contributed by atoms with Crippen LogP contribution < -0.4 is 10.2 Å². The zero-order valence-corrected chi connectivity index (χ0v) is 11.0. The molecule has 2 rings (SSSR count). The Balaban J connectivity index is 2.18. The summed E-state index contributed by atoms with van der Waals surface area (Å²) in [6.45, 7) is -0.782. The summed E-state index contributed by atoms with van der Waals surface area (Å²) in [5, 5.41) is 39.8. The molecule has 3 amide bonds. The third-order valence-electron chi connectivity index (χ3n) is 3.26. The van der Waals surface area contributed by atoms with Crippen LogP contribution in [0.15, 0.2) is 30.3 Å². The summed E-state index contributed by atoms with van der Waals surface area (Å²) in [5.74, 6) is -0.747. The molecule has 0 saturated carbocycles. The summed E-state index contributed by atoms with van der Waals surface area (Å²) in [7, 11) is 0. The lowest BCUT2D eigenvalue weighted by Gasteiger charge is -2.24. The van der Waals surface area contributed by atoms with Gasteiger partial charge >= 0.3 is 6.03 Å². The predicted octanol–water partition coefficient (Wildman–Crippen LogP) is -1.81. The van der Waals surface area contributed by atoms with E-state index in [0.717, 1.165) is 4.90 Å². The lowest BCUT2D eigenvalue weighted by Crippen LogP contribution is -2.52. The van der Waals surface area contributed by atoms with Gasteiger partial charge in [-0.2, -0.15) is 0 Å². The lowest BCUT2D eigenvalue weighted by molar-refractivity contribution is -0.127. The number of imide groups is 1. The Labute approximate surface area is 120 Å². The molecule has 8 heteroatoms. The number of para-hydroxylation sites is 1. The number of carbonyl (C=O) groups is 2. The highest BCUT2D eigenvalue weighted by Gasteiger charge is 2.46. The summed E-state index contributed by atoms with van der Waals surface area (Å²) >= 11 is 0. The van der Waals surface area contributed by atoms with Gasteiger partial charge in [0.15, 0.2) is 0 Å². The third kappa shape index (κ3) is 2.88. The molecule has 1 aliphatic rings. The number of carbonyl (C=O) groups excluding carboxylic acids is 2. The standard InChI is InChI=1S/C13H16N2O6/c16-6-8(17)10(18)11(19)9-12(20)15(13(21)14-9)7-4-2-1-3-5-7/h1-5,8-11,16-19H,6H2,(H,14,21)/t8-,9-,10-,11-/m1/s1. The number of anilines is 1. The predicted molar refractivity (Wildman–Crippen MR) is 71.4 cm³/mol. The Morgan fingerprint density at radius 2 is 1.76 bits per heavy atom. The fourth-order valence-corrected chi connectivity index (χ4v) is 2.08. The van der Waals surface area contributed by atoms with Crippen molar-refractivity contribution in [3.63, 3.8) is 0 Å². The summed E-state index contributed by atoms with van der Waals surface area (Å²) in [5.41, 5.74) is 0.326. The van der Waals surface area contributed by atoms with Crippen molar-refractivity contribution in [2.24, 2.45) is 0 Å². The number of benzene rings is 1. The number of rotatable bonds is 5. The summed E-state index contributed by atoms with van der Waals surface area (Å²) < 4.78 is 0. The van der Waals surface area contributed by atoms with Crippen LogP contribution in [0.1, 0.15) is 0 Å². The van der Waals surface area contributed by atoms with Crippen LogP contribution in [0.4, 0.5) is 10.5 Å². The maximum absolute atomic E-state index is 12.2. The van der Waals surface area contributed by atoms with Crippen LogP contribution in [-0.4, -0.2) is 63.3 Å². The minimum atomic E-state index is -1.76. The van der Waals surface area contributed by atoms with Gasteiger partial charge in [0.2, 0.25) is 0 Å². The van der Waals surface area contributed by atoms with E-state index in [0.29, 0.717) is 5.69 Å². The van der Waals surface area contributed by atoms with Gasteiger partial charge in [0.25, 0.3) is 5.91 Å². The third-order valence-corrected chi connectivity index (χ3v) is 3.26. The molecular weight excluding hydrogens is 280 g/mol. The average molecular weight is 296 g/mol. The molecule has 8 nitrogen and oxygen atoms in total. The Kier molecular flexibility index (Phi) is 4.53. The van der Waals surface area contributed by atoms with Crippen molar-refractivity contribution in [2.45, 2.75) is 24.4 Å².